The van der Waals surface area contributed by atoms with Gasteiger partial charge in [0.05, 0.1) is 19.2 Å². The van der Waals surface area contributed by atoms with E-state index in [1.165, 1.54) is 19.3 Å². The zero-order valence-electron chi connectivity index (χ0n) is 16.7. The molecule has 1 aliphatic rings. The third-order valence-electron chi connectivity index (χ3n) is 5.26. The van der Waals surface area contributed by atoms with Gasteiger partial charge in [-0.3, -0.25) is 0 Å². The standard InChI is InChI=1S/C22H25ClN4O2/c1-28-18-10-6-9-16-20(18)26-22(25-15-11-12-17(23)19(13-15)29-2)27-21(16)24-14-7-4-3-5-8-14/h6,9-14H,3-5,7-8H2,1-2H3,(H2,24,25,26,27). The number of ether oxygens (including phenoxy) is 2. The first-order chi connectivity index (χ1) is 14.2. The number of rotatable bonds is 6. The van der Waals surface area contributed by atoms with Crippen molar-refractivity contribution >= 4 is 40.0 Å². The largest absolute Gasteiger partial charge is 0.495 e. The first-order valence-corrected chi connectivity index (χ1v) is 10.3. The number of para-hydroxylation sites is 1. The summed E-state index contributed by atoms with van der Waals surface area (Å²) in [5, 5.41) is 8.42. The van der Waals surface area contributed by atoms with E-state index < -0.39 is 0 Å². The van der Waals surface area contributed by atoms with Gasteiger partial charge in [0.2, 0.25) is 5.95 Å². The van der Waals surface area contributed by atoms with Crippen LogP contribution in [0.15, 0.2) is 36.4 Å². The highest BCUT2D eigenvalue weighted by molar-refractivity contribution is 6.32. The molecular weight excluding hydrogens is 388 g/mol. The molecule has 29 heavy (non-hydrogen) atoms. The minimum atomic E-state index is 0.427. The fourth-order valence-electron chi connectivity index (χ4n) is 3.76. The molecule has 3 aromatic rings. The third kappa shape index (κ3) is 4.32. The van der Waals surface area contributed by atoms with Gasteiger partial charge in [0.25, 0.3) is 0 Å². The van der Waals surface area contributed by atoms with Crippen LogP contribution in [0, 0.1) is 0 Å². The summed E-state index contributed by atoms with van der Waals surface area (Å²) in [6.07, 6.45) is 6.13. The lowest BCUT2D eigenvalue weighted by Crippen LogP contribution is -2.23. The molecule has 4 rings (SSSR count). The van der Waals surface area contributed by atoms with Crippen molar-refractivity contribution in [3.05, 3.63) is 41.4 Å². The Morgan fingerprint density at radius 1 is 0.966 bits per heavy atom. The maximum atomic E-state index is 6.14. The van der Waals surface area contributed by atoms with E-state index >= 15 is 0 Å². The van der Waals surface area contributed by atoms with Crippen LogP contribution in [0.2, 0.25) is 5.02 Å². The van der Waals surface area contributed by atoms with Crippen molar-refractivity contribution in [2.45, 2.75) is 38.1 Å². The lowest BCUT2D eigenvalue weighted by molar-refractivity contribution is 0.415. The number of nitrogens with one attached hydrogen (secondary N) is 2. The number of fused-ring (bicyclic) bond motifs is 1. The number of halogens is 1. The summed E-state index contributed by atoms with van der Waals surface area (Å²) >= 11 is 6.14. The van der Waals surface area contributed by atoms with Gasteiger partial charge in [-0.2, -0.15) is 4.98 Å². The average Bonchev–Trinajstić information content (AvgIpc) is 2.75. The van der Waals surface area contributed by atoms with Crippen molar-refractivity contribution in [2.75, 3.05) is 24.9 Å². The molecular formula is C22H25ClN4O2. The number of nitrogens with zero attached hydrogens (tertiary/aromatic N) is 2. The van der Waals surface area contributed by atoms with Gasteiger partial charge in [0.15, 0.2) is 0 Å². The Bertz CT molecular complexity index is 1010. The van der Waals surface area contributed by atoms with E-state index in [-0.39, 0.29) is 0 Å². The Morgan fingerprint density at radius 2 is 1.76 bits per heavy atom. The number of methoxy groups -OCH3 is 2. The van der Waals surface area contributed by atoms with Crippen molar-refractivity contribution in [3.63, 3.8) is 0 Å². The molecule has 152 valence electrons. The van der Waals surface area contributed by atoms with Gasteiger partial charge < -0.3 is 20.1 Å². The molecule has 0 unspecified atom stereocenters. The summed E-state index contributed by atoms with van der Waals surface area (Å²) in [7, 11) is 3.25. The van der Waals surface area contributed by atoms with Gasteiger partial charge in [-0.05, 0) is 37.1 Å². The van der Waals surface area contributed by atoms with Crippen molar-refractivity contribution < 1.29 is 9.47 Å². The maximum Gasteiger partial charge on any atom is 0.229 e. The molecule has 0 atom stereocenters. The molecule has 1 saturated carbocycles. The predicted molar refractivity (Wildman–Crippen MR) is 118 cm³/mol. The van der Waals surface area contributed by atoms with E-state index in [4.69, 9.17) is 31.0 Å². The topological polar surface area (TPSA) is 68.3 Å². The molecule has 2 aromatic carbocycles. The van der Waals surface area contributed by atoms with Crippen molar-refractivity contribution in [1.29, 1.82) is 0 Å². The lowest BCUT2D eigenvalue weighted by atomic mass is 9.95. The first-order valence-electron chi connectivity index (χ1n) is 9.90. The summed E-state index contributed by atoms with van der Waals surface area (Å²) < 4.78 is 10.9. The van der Waals surface area contributed by atoms with Crippen LogP contribution in [0.5, 0.6) is 11.5 Å². The smallest absolute Gasteiger partial charge is 0.229 e. The molecule has 0 amide bonds. The second-order valence-corrected chi connectivity index (χ2v) is 7.61. The van der Waals surface area contributed by atoms with E-state index in [9.17, 15) is 0 Å². The second-order valence-electron chi connectivity index (χ2n) is 7.21. The average molecular weight is 413 g/mol. The van der Waals surface area contributed by atoms with Crippen LogP contribution in [0.25, 0.3) is 10.9 Å². The number of hydrogen-bond donors (Lipinski definition) is 2. The molecule has 2 N–H and O–H groups in total. The van der Waals surface area contributed by atoms with E-state index in [1.54, 1.807) is 20.3 Å². The molecule has 1 heterocycles. The molecule has 7 heteroatoms. The molecule has 1 aromatic heterocycles. The van der Waals surface area contributed by atoms with Crippen molar-refractivity contribution in [2.24, 2.45) is 0 Å². The summed E-state index contributed by atoms with van der Waals surface area (Å²) in [5.41, 5.74) is 1.57. The van der Waals surface area contributed by atoms with Gasteiger partial charge >= 0.3 is 0 Å². The second kappa shape index (κ2) is 8.74. The Kier molecular flexibility index (Phi) is 5.90. The Hall–Kier alpha value is -2.73. The molecule has 1 aliphatic carbocycles. The molecule has 1 fully saturated rings. The zero-order valence-corrected chi connectivity index (χ0v) is 17.4. The highest BCUT2D eigenvalue weighted by Crippen LogP contribution is 2.33. The van der Waals surface area contributed by atoms with Crippen LogP contribution in [-0.2, 0) is 0 Å². The lowest BCUT2D eigenvalue weighted by Gasteiger charge is -2.24. The van der Waals surface area contributed by atoms with E-state index in [0.717, 1.165) is 35.2 Å². The number of aromatic nitrogens is 2. The fraction of sp³-hybridized carbons (Fsp3) is 0.364. The summed E-state index contributed by atoms with van der Waals surface area (Å²) in [6, 6.07) is 11.8. The van der Waals surface area contributed by atoms with E-state index in [2.05, 4.69) is 10.6 Å². The number of hydrogen-bond acceptors (Lipinski definition) is 6. The van der Waals surface area contributed by atoms with Crippen LogP contribution in [0.4, 0.5) is 17.5 Å². The number of benzene rings is 2. The highest BCUT2D eigenvalue weighted by Gasteiger charge is 2.18. The summed E-state index contributed by atoms with van der Waals surface area (Å²) in [4.78, 5) is 9.49. The Morgan fingerprint density at radius 3 is 2.52 bits per heavy atom. The SMILES string of the molecule is COc1cc(Nc2nc(NC3CCCCC3)c3cccc(OC)c3n2)ccc1Cl. The molecule has 0 spiro atoms. The van der Waals surface area contributed by atoms with Gasteiger partial charge in [0, 0.05) is 23.2 Å². The van der Waals surface area contributed by atoms with Crippen LogP contribution in [0.1, 0.15) is 32.1 Å². The van der Waals surface area contributed by atoms with E-state index in [0.29, 0.717) is 28.5 Å². The van der Waals surface area contributed by atoms with Gasteiger partial charge in [-0.15, -0.1) is 0 Å². The molecule has 0 aliphatic heterocycles. The monoisotopic (exact) mass is 412 g/mol. The maximum absolute atomic E-state index is 6.14. The van der Waals surface area contributed by atoms with Gasteiger partial charge in [-0.25, -0.2) is 4.98 Å². The first kappa shape index (κ1) is 19.6. The third-order valence-corrected chi connectivity index (χ3v) is 5.57. The summed E-state index contributed by atoms with van der Waals surface area (Å²) in [6.45, 7) is 0. The normalized spacial score (nSPS) is 14.6. The van der Waals surface area contributed by atoms with Gasteiger partial charge in [-0.1, -0.05) is 36.9 Å². The zero-order chi connectivity index (χ0) is 20.2. The van der Waals surface area contributed by atoms with Crippen LogP contribution in [-0.4, -0.2) is 30.2 Å². The Labute approximate surface area is 175 Å². The van der Waals surface area contributed by atoms with Crippen LogP contribution in [0.3, 0.4) is 0 Å². The minimum Gasteiger partial charge on any atom is -0.495 e. The van der Waals surface area contributed by atoms with Crippen molar-refractivity contribution in [3.8, 4) is 11.5 Å². The number of anilines is 3. The van der Waals surface area contributed by atoms with Gasteiger partial charge in [0.1, 0.15) is 22.8 Å². The molecule has 0 radical (unpaired) electrons. The van der Waals surface area contributed by atoms with Crippen LogP contribution < -0.4 is 20.1 Å². The Balaban J connectivity index is 1.73. The predicted octanol–water partition coefficient (Wildman–Crippen LogP) is 5.79. The highest BCUT2D eigenvalue weighted by atomic mass is 35.5. The molecule has 6 nitrogen and oxygen atoms in total. The quantitative estimate of drug-likeness (QED) is 0.534. The molecule has 0 bridgehead atoms. The minimum absolute atomic E-state index is 0.427. The molecule has 0 saturated heterocycles. The fourth-order valence-corrected chi connectivity index (χ4v) is 3.96. The summed E-state index contributed by atoms with van der Waals surface area (Å²) in [5.74, 6) is 2.62. The van der Waals surface area contributed by atoms with Crippen LogP contribution >= 0.6 is 11.6 Å². The van der Waals surface area contributed by atoms with Crippen molar-refractivity contribution in [1.82, 2.24) is 9.97 Å². The van der Waals surface area contributed by atoms with E-state index in [1.807, 2.05) is 30.3 Å².